The minimum Gasteiger partial charge on any atom is -0.360 e. The summed E-state index contributed by atoms with van der Waals surface area (Å²) in [4.78, 5) is 27.6. The maximum atomic E-state index is 12.7. The zero-order valence-corrected chi connectivity index (χ0v) is 13.4. The normalized spacial score (nSPS) is 16.8. The second-order valence-corrected chi connectivity index (χ2v) is 6.10. The van der Waals surface area contributed by atoms with E-state index in [2.05, 4.69) is 20.7 Å². The van der Waals surface area contributed by atoms with Gasteiger partial charge >= 0.3 is 0 Å². The first-order valence-corrected chi connectivity index (χ1v) is 7.79. The molecule has 2 aromatic heterocycles. The number of aryl methyl sites for hydroxylation is 1. The number of rotatable bonds is 2. The molecule has 0 saturated carbocycles. The number of nitrogens with one attached hydrogen (secondary N) is 3. The fraction of sp³-hybridized carbons (Fsp3) is 0.235. The maximum Gasteiger partial charge on any atom is 0.259 e. The van der Waals surface area contributed by atoms with Crippen molar-refractivity contribution < 1.29 is 9.59 Å². The number of hydrogen-bond acceptors (Lipinski definition) is 3. The lowest BCUT2D eigenvalue weighted by Gasteiger charge is -2.19. The molecule has 0 fully saturated rings. The van der Waals surface area contributed by atoms with Gasteiger partial charge in [0.05, 0.1) is 5.56 Å². The Labute approximate surface area is 138 Å². The summed E-state index contributed by atoms with van der Waals surface area (Å²) < 4.78 is 1.59. The number of carbonyl (C=O) groups excluding carboxylic acids is 2. The number of hydrogen-bond donors (Lipinski definition) is 3. The molecular formula is C17H17N5O2. The molecule has 0 unspecified atom stereocenters. The highest BCUT2D eigenvalue weighted by Gasteiger charge is 2.29. The summed E-state index contributed by atoms with van der Waals surface area (Å²) in [5.41, 5.74) is 2.34. The van der Waals surface area contributed by atoms with Gasteiger partial charge in [0.15, 0.2) is 5.82 Å². The van der Waals surface area contributed by atoms with Crippen molar-refractivity contribution >= 4 is 34.4 Å². The number of anilines is 2. The molecule has 0 radical (unpaired) electrons. The Morgan fingerprint density at radius 1 is 1.38 bits per heavy atom. The van der Waals surface area contributed by atoms with E-state index in [9.17, 15) is 9.59 Å². The van der Waals surface area contributed by atoms with Crippen LogP contribution in [0, 0.1) is 5.92 Å². The molecule has 1 aliphatic rings. The second-order valence-electron chi connectivity index (χ2n) is 6.10. The van der Waals surface area contributed by atoms with Crippen molar-refractivity contribution in [2.75, 3.05) is 10.6 Å². The van der Waals surface area contributed by atoms with Gasteiger partial charge in [-0.1, -0.05) is 25.1 Å². The molecule has 1 atom stereocenters. The van der Waals surface area contributed by atoms with E-state index in [1.807, 2.05) is 31.2 Å². The Kier molecular flexibility index (Phi) is 3.16. The quantitative estimate of drug-likeness (QED) is 0.675. The van der Waals surface area contributed by atoms with Crippen LogP contribution in [0.5, 0.6) is 0 Å². The maximum absolute atomic E-state index is 12.7. The molecule has 3 N–H and O–H groups in total. The summed E-state index contributed by atoms with van der Waals surface area (Å²) in [5.74, 6) is 0.741. The molecule has 7 heteroatoms. The zero-order chi connectivity index (χ0) is 16.8. The van der Waals surface area contributed by atoms with Crippen molar-refractivity contribution in [3.8, 4) is 0 Å². The van der Waals surface area contributed by atoms with Gasteiger partial charge in [-0.3, -0.25) is 14.3 Å². The molecule has 0 bridgehead atoms. The van der Waals surface area contributed by atoms with Crippen LogP contribution in [0.15, 0.2) is 30.5 Å². The smallest absolute Gasteiger partial charge is 0.259 e. The number of amides is 2. The predicted molar refractivity (Wildman–Crippen MR) is 91.0 cm³/mol. The number of fused-ring (bicyclic) bond motifs is 2. The van der Waals surface area contributed by atoms with Crippen molar-refractivity contribution in [1.82, 2.24) is 14.8 Å². The van der Waals surface area contributed by atoms with E-state index >= 15 is 0 Å². The van der Waals surface area contributed by atoms with Gasteiger partial charge in [-0.2, -0.15) is 5.10 Å². The highest BCUT2D eigenvalue weighted by molar-refractivity contribution is 6.13. The van der Waals surface area contributed by atoms with Gasteiger partial charge in [0, 0.05) is 35.6 Å². The van der Waals surface area contributed by atoms with E-state index in [4.69, 9.17) is 0 Å². The molecule has 0 saturated heterocycles. The Balaban J connectivity index is 1.68. The largest absolute Gasteiger partial charge is 0.360 e. The average molecular weight is 323 g/mol. The SMILES string of the molecule is C[C@H]1Cc2c(NC(=O)c3c[nH]c4ccccc34)nn(C)c2NC1=O. The van der Waals surface area contributed by atoms with E-state index in [1.165, 1.54) is 0 Å². The van der Waals surface area contributed by atoms with Crippen LogP contribution >= 0.6 is 0 Å². The highest BCUT2D eigenvalue weighted by atomic mass is 16.2. The molecule has 7 nitrogen and oxygen atoms in total. The van der Waals surface area contributed by atoms with Crippen LogP contribution < -0.4 is 10.6 Å². The minimum atomic E-state index is -0.224. The van der Waals surface area contributed by atoms with Gasteiger partial charge in [-0.05, 0) is 12.5 Å². The summed E-state index contributed by atoms with van der Waals surface area (Å²) in [6, 6.07) is 7.63. The van der Waals surface area contributed by atoms with Crippen LogP contribution in [0.3, 0.4) is 0 Å². The van der Waals surface area contributed by atoms with Crippen molar-refractivity contribution in [2.45, 2.75) is 13.3 Å². The molecule has 4 rings (SSSR count). The Bertz CT molecular complexity index is 969. The van der Waals surface area contributed by atoms with E-state index in [0.29, 0.717) is 23.6 Å². The molecule has 1 aromatic carbocycles. The first kappa shape index (κ1) is 14.5. The monoisotopic (exact) mass is 323 g/mol. The summed E-state index contributed by atoms with van der Waals surface area (Å²) >= 11 is 0. The lowest BCUT2D eigenvalue weighted by Crippen LogP contribution is -2.28. The van der Waals surface area contributed by atoms with Crippen molar-refractivity contribution in [3.05, 3.63) is 41.6 Å². The van der Waals surface area contributed by atoms with Gasteiger partial charge in [0.1, 0.15) is 5.82 Å². The molecule has 3 aromatic rings. The van der Waals surface area contributed by atoms with Crippen LogP contribution in [0.25, 0.3) is 10.9 Å². The van der Waals surface area contributed by atoms with Crippen LogP contribution in [0.1, 0.15) is 22.8 Å². The van der Waals surface area contributed by atoms with Crippen LogP contribution in [-0.2, 0) is 18.3 Å². The van der Waals surface area contributed by atoms with E-state index < -0.39 is 0 Å². The molecule has 3 heterocycles. The van der Waals surface area contributed by atoms with Gasteiger partial charge in [0.2, 0.25) is 5.91 Å². The van der Waals surface area contributed by atoms with Gasteiger partial charge in [0.25, 0.3) is 5.91 Å². The van der Waals surface area contributed by atoms with Gasteiger partial charge in [-0.25, -0.2) is 0 Å². The third-order valence-electron chi connectivity index (χ3n) is 4.41. The number of benzene rings is 1. The Morgan fingerprint density at radius 3 is 3.00 bits per heavy atom. The third kappa shape index (κ3) is 2.17. The molecule has 122 valence electrons. The molecule has 24 heavy (non-hydrogen) atoms. The van der Waals surface area contributed by atoms with Crippen LogP contribution in [-0.4, -0.2) is 26.6 Å². The summed E-state index contributed by atoms with van der Waals surface area (Å²) in [7, 11) is 1.75. The second kappa shape index (κ2) is 5.23. The predicted octanol–water partition coefficient (Wildman–Crippen LogP) is 2.28. The van der Waals surface area contributed by atoms with Crippen molar-refractivity contribution in [1.29, 1.82) is 0 Å². The summed E-state index contributed by atoms with van der Waals surface area (Å²) in [6.45, 7) is 1.86. The number of carbonyl (C=O) groups is 2. The van der Waals surface area contributed by atoms with E-state index in [1.54, 1.807) is 17.9 Å². The zero-order valence-electron chi connectivity index (χ0n) is 13.4. The lowest BCUT2D eigenvalue weighted by atomic mass is 9.98. The molecule has 0 spiro atoms. The first-order chi connectivity index (χ1) is 11.5. The minimum absolute atomic E-state index is 0.0278. The number of nitrogens with zero attached hydrogens (tertiary/aromatic N) is 2. The van der Waals surface area contributed by atoms with Crippen molar-refractivity contribution in [2.24, 2.45) is 13.0 Å². The Hall–Kier alpha value is -3.09. The number of para-hydroxylation sites is 1. The van der Waals surface area contributed by atoms with E-state index in [-0.39, 0.29) is 17.7 Å². The van der Waals surface area contributed by atoms with Gasteiger partial charge < -0.3 is 15.6 Å². The number of aromatic nitrogens is 3. The summed E-state index contributed by atoms with van der Waals surface area (Å²) in [6.07, 6.45) is 2.25. The van der Waals surface area contributed by atoms with Gasteiger partial charge in [-0.15, -0.1) is 0 Å². The van der Waals surface area contributed by atoms with Crippen molar-refractivity contribution in [3.63, 3.8) is 0 Å². The third-order valence-corrected chi connectivity index (χ3v) is 4.41. The number of H-pyrrole nitrogens is 1. The number of aromatic amines is 1. The highest BCUT2D eigenvalue weighted by Crippen LogP contribution is 2.31. The van der Waals surface area contributed by atoms with E-state index in [0.717, 1.165) is 16.5 Å². The fourth-order valence-electron chi connectivity index (χ4n) is 3.09. The topological polar surface area (TPSA) is 91.8 Å². The van der Waals surface area contributed by atoms with Crippen LogP contribution in [0.2, 0.25) is 0 Å². The Morgan fingerprint density at radius 2 is 2.17 bits per heavy atom. The summed E-state index contributed by atoms with van der Waals surface area (Å²) in [5, 5.41) is 10.9. The average Bonchev–Trinajstić information content (AvgIpc) is 3.11. The lowest BCUT2D eigenvalue weighted by molar-refractivity contribution is -0.119. The molecule has 0 aliphatic carbocycles. The fourth-order valence-corrected chi connectivity index (χ4v) is 3.09. The van der Waals surface area contributed by atoms with Crippen LogP contribution in [0.4, 0.5) is 11.6 Å². The first-order valence-electron chi connectivity index (χ1n) is 7.79. The molecular weight excluding hydrogens is 306 g/mol. The molecule has 1 aliphatic heterocycles. The standard InChI is InChI=1S/C17H17N5O2/c1-9-7-11-14(21-22(2)15(11)20-16(9)23)19-17(24)12-8-18-13-6-4-3-5-10(12)13/h3-6,8-9,18H,7H2,1-2H3,(H,20,23)(H,19,21,24)/t9-/m0/s1. The molecule has 2 amide bonds.